The van der Waals surface area contributed by atoms with Gasteiger partial charge in [-0.3, -0.25) is 9.48 Å². The molecule has 0 aliphatic carbocycles. The number of rotatable bonds is 15. The molecule has 0 spiro atoms. The first-order valence-electron chi connectivity index (χ1n) is 25.6. The molecule has 6 N–H and O–H groups in total. The Labute approximate surface area is 433 Å². The molecular formula is C50H86N6O15S2. The molecule has 1 aromatic carbocycles. The number of nitrogens with zero attached hydrogens (tertiary/aromatic N) is 5. The van der Waals surface area contributed by atoms with Crippen molar-refractivity contribution in [1.82, 2.24) is 29.5 Å². The largest absolute Gasteiger partial charge is 0.459 e. The molecule has 3 aliphatic rings. The van der Waals surface area contributed by atoms with E-state index in [1.54, 1.807) is 47.7 Å². The second kappa shape index (κ2) is 24.3. The Morgan fingerprint density at radius 3 is 2.18 bits per heavy atom. The van der Waals surface area contributed by atoms with Gasteiger partial charge in [-0.1, -0.05) is 32.9 Å². The maximum Gasteiger partial charge on any atom is 0.309 e. The summed E-state index contributed by atoms with van der Waals surface area (Å²) in [7, 11) is -2.21. The van der Waals surface area contributed by atoms with Gasteiger partial charge in [-0.25, -0.2) is 21.6 Å². The average Bonchev–Trinajstić information content (AvgIpc) is 3.77. The zero-order valence-electron chi connectivity index (χ0n) is 45.3. The zero-order chi connectivity index (χ0) is 54.8. The molecule has 0 amide bonds. The van der Waals surface area contributed by atoms with Gasteiger partial charge in [0, 0.05) is 70.0 Å². The van der Waals surface area contributed by atoms with Crippen molar-refractivity contribution in [2.45, 2.75) is 202 Å². The third-order valence-corrected chi connectivity index (χ3v) is 18.6. The quantitative estimate of drug-likeness (QED) is 0.139. The Hall–Kier alpha value is -2.75. The summed E-state index contributed by atoms with van der Waals surface area (Å²) in [5, 5.41) is 68.4. The summed E-state index contributed by atoms with van der Waals surface area (Å²) in [5.74, 6) is -3.32. The number of hydrogen-bond donors (Lipinski definition) is 6. The van der Waals surface area contributed by atoms with E-state index in [1.165, 1.54) is 43.0 Å². The van der Waals surface area contributed by atoms with Gasteiger partial charge in [0.2, 0.25) is 10.0 Å². The lowest BCUT2D eigenvalue weighted by Gasteiger charge is -2.51. The highest BCUT2D eigenvalue weighted by molar-refractivity contribution is 7.90. The van der Waals surface area contributed by atoms with Crippen LogP contribution in [0.4, 0.5) is 0 Å². The number of aliphatic hydroxyl groups excluding tert-OH is 3. The highest BCUT2D eigenvalue weighted by Crippen LogP contribution is 2.45. The zero-order valence-corrected chi connectivity index (χ0v) is 46.9. The molecule has 18 atom stereocenters. The van der Waals surface area contributed by atoms with Crippen LogP contribution in [0.5, 0.6) is 0 Å². The van der Waals surface area contributed by atoms with Gasteiger partial charge in [-0.15, -0.1) is 5.10 Å². The van der Waals surface area contributed by atoms with Crippen LogP contribution in [0.1, 0.15) is 101 Å². The number of aliphatic hydroxyl groups is 5. The van der Waals surface area contributed by atoms with Crippen molar-refractivity contribution >= 4 is 25.8 Å². The standard InChI is InChI=1S/C50H86N6O15S2/c1-15-40-50(10,62)43(58)33(6)55(12)27-29(2)25-48(8,61)45(31(4)41(32(5)46(60)70-40)39-26-49(9,67-13)44(59)34(7)69-39)71-47-42(57)38(24-30(3)68-47)54(11)22-20-35-28-56(53-52-35)23-21-51-73(65,66)37-18-16-36(17-19-37)72(14,63)64/h16-19,28-34,38-45,47,51,57-59,61-62H,15,20-27H2,1-14H3/t29-,30-,31+,32-,33-,34+,38+,39?,40-,41+,42-,43-,44+,45-,47+,48-,49-,50-/m1/s1. The van der Waals surface area contributed by atoms with Crippen LogP contribution in [0.2, 0.25) is 0 Å². The van der Waals surface area contributed by atoms with E-state index in [0.29, 0.717) is 31.6 Å². The number of cyclic esters (lactones) is 1. The van der Waals surface area contributed by atoms with Gasteiger partial charge in [0.1, 0.15) is 30.0 Å². The first kappa shape index (κ1) is 61.1. The summed E-state index contributed by atoms with van der Waals surface area (Å²) in [5.41, 5.74) is -3.93. The van der Waals surface area contributed by atoms with Crippen molar-refractivity contribution in [2.24, 2.45) is 23.7 Å². The van der Waals surface area contributed by atoms with E-state index in [-0.39, 0.29) is 48.1 Å². The van der Waals surface area contributed by atoms with Gasteiger partial charge in [-0.05, 0) is 111 Å². The van der Waals surface area contributed by atoms with E-state index in [0.717, 1.165) is 6.26 Å². The van der Waals surface area contributed by atoms with Gasteiger partial charge < -0.3 is 59.0 Å². The second-order valence-corrected chi connectivity index (χ2v) is 25.9. The minimum Gasteiger partial charge on any atom is -0.459 e. The first-order valence-corrected chi connectivity index (χ1v) is 29.0. The SMILES string of the molecule is CC[C@H]1OC(=O)[C@H](C)[C@@H](C2C[C@@](C)(OC)[C@@H](O)[C@H](C)O2)[C@H](C)[C@@H](O[C@@H]2O[C@H](C)C[C@H](N(C)CCc3cn(CCNS(=O)(=O)c4ccc(S(C)(=O)=O)cc4)nn3)[C@H]2O)[C@](C)(O)C[C@@H](C)CN(C)[C@H](C)[C@@H](O)[C@]1(C)O. The highest BCUT2D eigenvalue weighted by Gasteiger charge is 2.55. The van der Waals surface area contributed by atoms with Gasteiger partial charge in [0.15, 0.2) is 16.1 Å². The number of esters is 1. The lowest BCUT2D eigenvalue weighted by molar-refractivity contribution is -0.302. The van der Waals surface area contributed by atoms with Crippen LogP contribution >= 0.6 is 0 Å². The smallest absolute Gasteiger partial charge is 0.309 e. The van der Waals surface area contributed by atoms with E-state index in [2.05, 4.69) is 15.0 Å². The molecule has 4 heterocycles. The molecule has 1 unspecified atom stereocenters. The Morgan fingerprint density at radius 2 is 1.58 bits per heavy atom. The predicted octanol–water partition coefficient (Wildman–Crippen LogP) is 1.76. The normalized spacial score (nSPS) is 39.2. The van der Waals surface area contributed by atoms with Crippen LogP contribution < -0.4 is 4.72 Å². The van der Waals surface area contributed by atoms with Gasteiger partial charge in [0.25, 0.3) is 0 Å². The van der Waals surface area contributed by atoms with E-state index in [4.69, 9.17) is 23.7 Å². The van der Waals surface area contributed by atoms with Gasteiger partial charge in [-0.2, -0.15) is 0 Å². The van der Waals surface area contributed by atoms with Crippen LogP contribution in [0.3, 0.4) is 0 Å². The number of carbonyl (C=O) groups is 1. The van der Waals surface area contributed by atoms with Gasteiger partial charge in [0.05, 0.1) is 63.6 Å². The predicted molar refractivity (Wildman–Crippen MR) is 270 cm³/mol. The molecule has 418 valence electrons. The molecular weight excluding hydrogens is 989 g/mol. The molecule has 0 saturated carbocycles. The number of likely N-dealkylation sites (N-methyl/N-ethyl adjacent to an activating group) is 2. The molecule has 3 fully saturated rings. The number of aromatic nitrogens is 3. The Balaban J connectivity index is 1.39. The maximum atomic E-state index is 14.6. The minimum atomic E-state index is -3.93. The number of sulfone groups is 1. The Kier molecular flexibility index (Phi) is 20.3. The monoisotopic (exact) mass is 1070 g/mol. The van der Waals surface area contributed by atoms with E-state index < -0.39 is 128 Å². The highest BCUT2D eigenvalue weighted by atomic mass is 32.2. The second-order valence-electron chi connectivity index (χ2n) is 22.1. The minimum absolute atomic E-state index is 0.00701. The van der Waals surface area contributed by atoms with Crippen LogP contribution in [-0.4, -0.2) is 204 Å². The number of nitrogens with one attached hydrogen (secondary N) is 1. The summed E-state index contributed by atoms with van der Waals surface area (Å²) in [6.45, 7) is 18.7. The number of hydrogen-bond acceptors (Lipinski definition) is 19. The van der Waals surface area contributed by atoms with Crippen molar-refractivity contribution in [3.8, 4) is 0 Å². The summed E-state index contributed by atoms with van der Waals surface area (Å²) in [4.78, 5) is 18.4. The summed E-state index contributed by atoms with van der Waals surface area (Å²) >= 11 is 0. The number of carbonyl (C=O) groups excluding carboxylic acids is 1. The molecule has 3 aliphatic heterocycles. The van der Waals surface area contributed by atoms with E-state index in [1.807, 2.05) is 44.7 Å². The number of ether oxygens (including phenoxy) is 5. The number of sulfonamides is 1. The third-order valence-electron chi connectivity index (χ3n) is 16.0. The third kappa shape index (κ3) is 14.4. The fourth-order valence-corrected chi connectivity index (χ4v) is 13.1. The molecule has 0 radical (unpaired) electrons. The van der Waals surface area contributed by atoms with Crippen LogP contribution in [0.25, 0.3) is 0 Å². The van der Waals surface area contributed by atoms with Crippen molar-refractivity contribution in [2.75, 3.05) is 47.1 Å². The lowest BCUT2D eigenvalue weighted by Crippen LogP contribution is -2.62. The van der Waals surface area contributed by atoms with Gasteiger partial charge >= 0.3 is 5.97 Å². The lowest BCUT2D eigenvalue weighted by atomic mass is 9.68. The first-order chi connectivity index (χ1) is 33.8. The summed E-state index contributed by atoms with van der Waals surface area (Å²) in [6.07, 6.45) is -4.70. The molecule has 2 aromatic rings. The molecule has 5 rings (SSSR count). The van der Waals surface area contributed by atoms with Crippen molar-refractivity contribution in [3.05, 3.63) is 36.2 Å². The average molecular weight is 1080 g/mol. The Bertz CT molecular complexity index is 2340. The number of benzene rings is 1. The van der Waals surface area contributed by atoms with Crippen molar-refractivity contribution in [3.63, 3.8) is 0 Å². The summed E-state index contributed by atoms with van der Waals surface area (Å²) < 4.78 is 85.5. The summed E-state index contributed by atoms with van der Waals surface area (Å²) in [6, 6.07) is 3.89. The van der Waals surface area contributed by atoms with Crippen LogP contribution in [-0.2, 0) is 61.3 Å². The van der Waals surface area contributed by atoms with Crippen LogP contribution in [0.15, 0.2) is 40.3 Å². The van der Waals surface area contributed by atoms with Crippen molar-refractivity contribution < 1.29 is 70.8 Å². The molecule has 73 heavy (non-hydrogen) atoms. The molecule has 23 heteroatoms. The number of methoxy groups -OCH3 is 1. The maximum absolute atomic E-state index is 14.6. The van der Waals surface area contributed by atoms with Crippen molar-refractivity contribution in [1.29, 1.82) is 0 Å². The molecule has 3 saturated heterocycles. The fraction of sp³-hybridized carbons (Fsp3) is 0.820. The van der Waals surface area contributed by atoms with E-state index >= 15 is 0 Å². The van der Waals surface area contributed by atoms with E-state index in [9.17, 15) is 47.2 Å². The molecule has 0 bridgehead atoms. The molecule has 1 aromatic heterocycles. The van der Waals surface area contributed by atoms with Crippen LogP contribution in [0, 0.1) is 23.7 Å². The molecule has 21 nitrogen and oxygen atoms in total. The topological polar surface area (TPSA) is 282 Å². The fourth-order valence-electron chi connectivity index (χ4n) is 11.5. The Morgan fingerprint density at radius 1 is 0.945 bits per heavy atom.